The molecule has 0 radical (unpaired) electrons. The zero-order chi connectivity index (χ0) is 58.3. The number of carboxylic acids is 1. The third kappa shape index (κ3) is 18.8. The molecule has 412 valence electrons. The summed E-state index contributed by atoms with van der Waals surface area (Å²) in [4.78, 5) is 59.8. The van der Waals surface area contributed by atoms with E-state index in [0.29, 0.717) is 12.3 Å². The number of carbonyl (C=O) groups is 5. The Bertz CT molecular complexity index is 3080. The van der Waals surface area contributed by atoms with Crippen LogP contribution >= 0.6 is 58.0 Å². The molecular formula is C52H49Cl5F4N4O12. The maximum atomic E-state index is 13.9. The molecule has 2 heterocycles. The van der Waals surface area contributed by atoms with Gasteiger partial charge >= 0.3 is 23.9 Å². The quantitative estimate of drug-likeness (QED) is 0.0186. The first kappa shape index (κ1) is 65.9. The van der Waals surface area contributed by atoms with E-state index in [0.717, 1.165) is 17.8 Å². The standard InChI is InChI=1S/C14H15ClFNO3.C13H11ClFNO3.C11H7ClFNO3.C7H3Cl2FO.C7H13NO2/c1-4-20-14(19)11(8(2)17-3)13(18)12-9(15)6-5-7-10(12)16;1-3-18-13(17)10-7(2)16-19-12(10)11-8(14)5-4-6-9(11)15;1-5-8(11(15)16)10(17-14-5)9-6(12)3-2-4-7(9)13;8-4-2-1-3-5(10)6(4)7(9)11;1-4-10-7(9)5-6(2)8-3/h5-7,18H,4H2,1-3H3;4-6H,3H2,1-2H3;2-4H,1H3,(H,15,16);1-3H;5,8H,4H2,1-3H3/b;;;;6-5-. The Balaban J connectivity index is 0.000000337. The largest absolute Gasteiger partial charge is 0.506 e. The van der Waals surface area contributed by atoms with Crippen molar-refractivity contribution in [2.75, 3.05) is 33.9 Å². The van der Waals surface area contributed by atoms with Crippen LogP contribution in [0.4, 0.5) is 17.6 Å². The van der Waals surface area contributed by atoms with Crippen molar-refractivity contribution in [2.24, 2.45) is 4.99 Å². The number of hydrogen-bond acceptors (Lipinski definition) is 15. The third-order valence-electron chi connectivity index (χ3n) is 9.59. The van der Waals surface area contributed by atoms with Crippen LogP contribution in [0.5, 0.6) is 0 Å². The number of nitrogens with one attached hydrogen (secondary N) is 1. The summed E-state index contributed by atoms with van der Waals surface area (Å²) in [6.07, 6.45) is 1.42. The molecule has 0 saturated carbocycles. The van der Waals surface area contributed by atoms with Gasteiger partial charge in [0.15, 0.2) is 11.5 Å². The van der Waals surface area contributed by atoms with Crippen molar-refractivity contribution >= 4 is 98.6 Å². The first-order valence-corrected chi connectivity index (χ1v) is 24.1. The van der Waals surface area contributed by atoms with Crippen molar-refractivity contribution in [3.05, 3.63) is 167 Å². The van der Waals surface area contributed by atoms with Gasteiger partial charge in [0.05, 0.1) is 73.6 Å². The highest BCUT2D eigenvalue weighted by atomic mass is 35.5. The normalized spacial score (nSPS) is 11.1. The van der Waals surface area contributed by atoms with Crippen LogP contribution in [0.3, 0.4) is 0 Å². The van der Waals surface area contributed by atoms with E-state index in [9.17, 15) is 46.6 Å². The first-order chi connectivity index (χ1) is 36.3. The molecule has 0 atom stereocenters. The zero-order valence-electron chi connectivity index (χ0n) is 42.3. The van der Waals surface area contributed by atoms with Gasteiger partial charge in [0.1, 0.15) is 45.7 Å². The number of halogens is 9. The number of ether oxygens (including phenoxy) is 3. The zero-order valence-corrected chi connectivity index (χ0v) is 46.1. The van der Waals surface area contributed by atoms with E-state index in [2.05, 4.69) is 25.4 Å². The van der Waals surface area contributed by atoms with E-state index in [-0.39, 0.29) is 101 Å². The minimum atomic E-state index is -1.24. The molecule has 77 heavy (non-hydrogen) atoms. The van der Waals surface area contributed by atoms with E-state index in [4.69, 9.17) is 81.6 Å². The lowest BCUT2D eigenvalue weighted by Gasteiger charge is -2.11. The second-order valence-corrected chi connectivity index (χ2v) is 16.7. The van der Waals surface area contributed by atoms with Crippen LogP contribution in [0, 0.1) is 37.1 Å². The van der Waals surface area contributed by atoms with Crippen molar-refractivity contribution in [2.45, 2.75) is 48.5 Å². The predicted octanol–water partition coefficient (Wildman–Crippen LogP) is 13.7. The third-order valence-corrected chi connectivity index (χ3v) is 11.0. The van der Waals surface area contributed by atoms with Gasteiger partial charge in [-0.2, -0.15) is 0 Å². The van der Waals surface area contributed by atoms with E-state index in [1.807, 2.05) is 0 Å². The molecule has 0 fully saturated rings. The fourth-order valence-electron chi connectivity index (χ4n) is 5.90. The Kier molecular flexibility index (Phi) is 27.7. The summed E-state index contributed by atoms with van der Waals surface area (Å²) >= 11 is 28.2. The molecule has 0 bridgehead atoms. The molecular weight excluding hydrogens is 1130 g/mol. The number of carbonyl (C=O) groups excluding carboxylic acids is 4. The van der Waals surface area contributed by atoms with Crippen LogP contribution in [-0.4, -0.2) is 89.3 Å². The minimum absolute atomic E-state index is 0.00629. The number of esters is 3. The minimum Gasteiger partial charge on any atom is -0.506 e. The molecule has 4 aromatic carbocycles. The summed E-state index contributed by atoms with van der Waals surface area (Å²) in [6, 6.07) is 16.1. The number of hydrogen-bond donors (Lipinski definition) is 3. The van der Waals surface area contributed by atoms with Crippen molar-refractivity contribution in [3.63, 3.8) is 0 Å². The summed E-state index contributed by atoms with van der Waals surface area (Å²) in [5, 5.41) is 28.6. The summed E-state index contributed by atoms with van der Waals surface area (Å²) < 4.78 is 78.3. The van der Waals surface area contributed by atoms with E-state index < -0.39 is 52.2 Å². The maximum absolute atomic E-state index is 13.9. The van der Waals surface area contributed by atoms with Crippen LogP contribution in [-0.2, 0) is 23.8 Å². The number of aromatic nitrogens is 2. The van der Waals surface area contributed by atoms with Crippen molar-refractivity contribution in [3.8, 4) is 22.6 Å². The van der Waals surface area contributed by atoms with Crippen LogP contribution in [0.1, 0.15) is 82.6 Å². The molecule has 0 aliphatic heterocycles. The van der Waals surface area contributed by atoms with Crippen molar-refractivity contribution < 1.29 is 75.0 Å². The molecule has 3 N–H and O–H groups in total. The highest BCUT2D eigenvalue weighted by Gasteiger charge is 2.28. The lowest BCUT2D eigenvalue weighted by molar-refractivity contribution is -0.138. The lowest BCUT2D eigenvalue weighted by Crippen LogP contribution is -2.16. The van der Waals surface area contributed by atoms with Gasteiger partial charge in [-0.1, -0.05) is 81.0 Å². The second kappa shape index (κ2) is 32.4. The average molecular weight is 1180 g/mol. The van der Waals surface area contributed by atoms with E-state index in [1.54, 1.807) is 41.7 Å². The Morgan fingerprint density at radius 3 is 1.43 bits per heavy atom. The van der Waals surface area contributed by atoms with E-state index >= 15 is 0 Å². The Morgan fingerprint density at radius 2 is 1.05 bits per heavy atom. The maximum Gasteiger partial charge on any atom is 0.344 e. The lowest BCUT2D eigenvalue weighted by atomic mass is 10.0. The molecule has 0 saturated heterocycles. The van der Waals surface area contributed by atoms with Gasteiger partial charge < -0.3 is 38.8 Å². The molecule has 0 aliphatic rings. The Labute approximate surface area is 464 Å². The van der Waals surface area contributed by atoms with Crippen molar-refractivity contribution in [1.29, 1.82) is 0 Å². The highest BCUT2D eigenvalue weighted by Crippen LogP contribution is 2.36. The van der Waals surface area contributed by atoms with Gasteiger partial charge in [-0.25, -0.2) is 36.7 Å². The number of carboxylic acid groups (broad SMARTS) is 1. The van der Waals surface area contributed by atoms with E-state index in [1.165, 1.54) is 87.6 Å². The fourth-order valence-corrected chi connectivity index (χ4v) is 7.14. The summed E-state index contributed by atoms with van der Waals surface area (Å²) in [5.41, 5.74) is 0.626. The Hall–Kier alpha value is -7.23. The van der Waals surface area contributed by atoms with Gasteiger partial charge in [-0.05, 0) is 109 Å². The van der Waals surface area contributed by atoms with Gasteiger partial charge in [0, 0.05) is 31.6 Å². The molecule has 6 rings (SSSR count). The molecule has 0 spiro atoms. The van der Waals surface area contributed by atoms with Gasteiger partial charge in [0.2, 0.25) is 0 Å². The number of benzene rings is 4. The molecule has 0 amide bonds. The van der Waals surface area contributed by atoms with Crippen LogP contribution in [0.25, 0.3) is 28.4 Å². The number of aliphatic imine (C=N–C) groups is 1. The monoisotopic (exact) mass is 1170 g/mol. The Morgan fingerprint density at radius 1 is 0.636 bits per heavy atom. The highest BCUT2D eigenvalue weighted by molar-refractivity contribution is 6.68. The molecule has 0 aliphatic carbocycles. The first-order valence-electron chi connectivity index (χ1n) is 22.2. The summed E-state index contributed by atoms with van der Waals surface area (Å²) in [5.74, 6) is -6.38. The number of aromatic carboxylic acids is 1. The van der Waals surface area contributed by atoms with Crippen LogP contribution in [0.15, 0.2) is 104 Å². The average Bonchev–Trinajstić information content (AvgIpc) is 3.93. The van der Waals surface area contributed by atoms with Crippen LogP contribution in [0.2, 0.25) is 20.1 Å². The smallest absolute Gasteiger partial charge is 0.344 e. The molecule has 25 heteroatoms. The summed E-state index contributed by atoms with van der Waals surface area (Å²) in [6.45, 7) is 12.2. The number of allylic oxidation sites excluding steroid dienone is 1. The molecule has 16 nitrogen and oxygen atoms in total. The van der Waals surface area contributed by atoms with Gasteiger partial charge in [-0.3, -0.25) is 9.79 Å². The van der Waals surface area contributed by atoms with Crippen molar-refractivity contribution in [1.82, 2.24) is 15.6 Å². The number of aliphatic hydroxyl groups is 1. The number of aryl methyl sites for hydroxylation is 2. The SMILES string of the molecule is CCOC(=O)/C=C(/C)NC.CCOC(=O)C(C(C)=NC)=C(O)c1c(F)cccc1Cl.CCOC(=O)c1c(C)noc1-c1c(F)cccc1Cl.Cc1noc(-c2c(F)cccc2Cl)c1C(=O)O.O=C(Cl)c1c(F)cccc1Cl. The second-order valence-electron chi connectivity index (χ2n) is 14.7. The number of rotatable bonds is 13. The predicted molar refractivity (Wildman–Crippen MR) is 284 cm³/mol. The topological polar surface area (TPSA) is 230 Å². The molecule has 2 aromatic heterocycles. The van der Waals surface area contributed by atoms with Gasteiger partial charge in [-0.15, -0.1) is 0 Å². The fraction of sp³-hybridized carbons (Fsp3) is 0.231. The number of nitrogens with zero attached hydrogens (tertiary/aromatic N) is 3. The van der Waals surface area contributed by atoms with Gasteiger partial charge in [0.25, 0.3) is 5.24 Å². The summed E-state index contributed by atoms with van der Waals surface area (Å²) in [7, 11) is 3.20. The molecule has 6 aromatic rings. The van der Waals surface area contributed by atoms with Crippen LogP contribution < -0.4 is 5.32 Å². The molecule has 0 unspecified atom stereocenters. The number of aliphatic hydroxyl groups excluding tert-OH is 1.